The molecule has 0 atom stereocenters. The largest absolute Gasteiger partial charge is 0.298 e. The number of anilines is 1. The van der Waals surface area contributed by atoms with Gasteiger partial charge in [0, 0.05) is 19.2 Å². The lowest BCUT2D eigenvalue weighted by molar-refractivity contribution is 0.102. The van der Waals surface area contributed by atoms with Crippen LogP contribution < -0.4 is 5.32 Å². The van der Waals surface area contributed by atoms with Crippen LogP contribution in [0.4, 0.5) is 5.13 Å². The van der Waals surface area contributed by atoms with Crippen molar-refractivity contribution in [1.29, 1.82) is 0 Å². The van der Waals surface area contributed by atoms with Crippen molar-refractivity contribution in [2.75, 3.05) is 12.4 Å². The van der Waals surface area contributed by atoms with Crippen molar-refractivity contribution in [3.05, 3.63) is 89.5 Å². The smallest absolute Gasteiger partial charge is 0.257 e. The molecule has 1 heterocycles. The van der Waals surface area contributed by atoms with Gasteiger partial charge < -0.3 is 0 Å². The van der Waals surface area contributed by atoms with Gasteiger partial charge in [-0.1, -0.05) is 60.7 Å². The van der Waals surface area contributed by atoms with Crippen molar-refractivity contribution in [3.63, 3.8) is 0 Å². The lowest BCUT2D eigenvalue weighted by Gasteiger charge is -2.17. The molecule has 32 heavy (non-hydrogen) atoms. The lowest BCUT2D eigenvalue weighted by atomic mass is 10.1. The lowest BCUT2D eigenvalue weighted by Crippen LogP contribution is -2.26. The number of thiazole rings is 1. The van der Waals surface area contributed by atoms with Gasteiger partial charge in [-0.25, -0.2) is 13.4 Å². The molecule has 1 amide bonds. The maximum absolute atomic E-state index is 12.9. The molecule has 0 saturated carbocycles. The number of carbonyl (C=O) groups excluding carboxylic acids is 1. The molecule has 3 aromatic carbocycles. The van der Waals surface area contributed by atoms with Crippen LogP contribution in [-0.2, 0) is 23.0 Å². The van der Waals surface area contributed by atoms with Gasteiger partial charge in [0.1, 0.15) is 0 Å². The molecule has 0 unspecified atom stereocenters. The normalized spacial score (nSPS) is 11.7. The number of fused-ring (bicyclic) bond motifs is 1. The summed E-state index contributed by atoms with van der Waals surface area (Å²) in [5.74, 6) is -0.330. The average molecular weight is 466 g/mol. The summed E-state index contributed by atoms with van der Waals surface area (Å²) in [6.07, 6.45) is 0.864. The molecule has 1 N–H and O–H groups in total. The van der Waals surface area contributed by atoms with Gasteiger partial charge in [-0.2, -0.15) is 4.31 Å². The monoisotopic (exact) mass is 465 g/mol. The second-order valence-electron chi connectivity index (χ2n) is 7.36. The van der Waals surface area contributed by atoms with Crippen LogP contribution in [0.15, 0.2) is 77.7 Å². The van der Waals surface area contributed by atoms with Gasteiger partial charge >= 0.3 is 0 Å². The van der Waals surface area contributed by atoms with Gasteiger partial charge in [0.25, 0.3) is 5.91 Å². The summed E-state index contributed by atoms with van der Waals surface area (Å²) < 4.78 is 28.1. The maximum Gasteiger partial charge on any atom is 0.257 e. The number of hydrogen-bond acceptors (Lipinski definition) is 5. The first-order valence-corrected chi connectivity index (χ1v) is 12.4. The standard InChI is InChI=1S/C24H23N3O3S2/c1-3-18-10-7-11-21-22(18)25-24(31-21)26-23(28)19-12-14-20(15-13-19)32(29,30)27(2)16-17-8-5-4-6-9-17/h4-15H,3,16H2,1-2H3,(H,25,26,28). The van der Waals surface area contributed by atoms with Crippen LogP contribution in [0, 0.1) is 0 Å². The van der Waals surface area contributed by atoms with E-state index in [4.69, 9.17) is 0 Å². The second kappa shape index (κ2) is 9.20. The van der Waals surface area contributed by atoms with Crippen molar-refractivity contribution in [2.45, 2.75) is 24.8 Å². The fourth-order valence-corrected chi connectivity index (χ4v) is 5.47. The van der Waals surface area contributed by atoms with Crippen LogP contribution in [-0.4, -0.2) is 30.7 Å². The summed E-state index contributed by atoms with van der Waals surface area (Å²) in [5, 5.41) is 3.34. The van der Waals surface area contributed by atoms with E-state index in [2.05, 4.69) is 17.2 Å². The van der Waals surface area contributed by atoms with Crippen LogP contribution in [0.25, 0.3) is 10.2 Å². The van der Waals surface area contributed by atoms with Gasteiger partial charge in [-0.05, 0) is 47.9 Å². The highest BCUT2D eigenvalue weighted by Crippen LogP contribution is 2.29. The first-order valence-electron chi connectivity index (χ1n) is 10.2. The number of amides is 1. The highest BCUT2D eigenvalue weighted by Gasteiger charge is 2.21. The summed E-state index contributed by atoms with van der Waals surface area (Å²) in [5.41, 5.74) is 3.30. The number of nitrogens with zero attached hydrogens (tertiary/aromatic N) is 2. The zero-order chi connectivity index (χ0) is 22.7. The number of para-hydroxylation sites is 1. The third kappa shape index (κ3) is 4.57. The van der Waals surface area contributed by atoms with Gasteiger partial charge in [-0.3, -0.25) is 10.1 Å². The van der Waals surface area contributed by atoms with E-state index in [-0.39, 0.29) is 17.3 Å². The summed E-state index contributed by atoms with van der Waals surface area (Å²) >= 11 is 1.42. The molecular weight excluding hydrogens is 442 g/mol. The highest BCUT2D eigenvalue weighted by atomic mass is 32.2. The number of hydrogen-bond donors (Lipinski definition) is 1. The number of aryl methyl sites for hydroxylation is 1. The zero-order valence-corrected chi connectivity index (χ0v) is 19.4. The molecule has 1 aromatic heterocycles. The van der Waals surface area contributed by atoms with Crippen LogP contribution in [0.2, 0.25) is 0 Å². The Labute approximate surface area is 191 Å². The van der Waals surface area contributed by atoms with Gasteiger partial charge in [0.05, 0.1) is 15.1 Å². The SMILES string of the molecule is CCc1cccc2sc(NC(=O)c3ccc(S(=O)(=O)N(C)Cc4ccccc4)cc3)nc12. The first-order chi connectivity index (χ1) is 15.4. The molecule has 0 fully saturated rings. The molecule has 0 aliphatic carbocycles. The molecule has 164 valence electrons. The number of rotatable bonds is 7. The molecule has 0 aliphatic rings. The Kier molecular flexibility index (Phi) is 6.36. The predicted octanol–water partition coefficient (Wildman–Crippen LogP) is 4.93. The minimum absolute atomic E-state index is 0.139. The number of carbonyl (C=O) groups is 1. The Morgan fingerprint density at radius 1 is 1.00 bits per heavy atom. The van der Waals surface area contributed by atoms with Gasteiger partial charge in [0.15, 0.2) is 5.13 Å². The second-order valence-corrected chi connectivity index (χ2v) is 10.4. The third-order valence-corrected chi connectivity index (χ3v) is 7.93. The molecule has 0 spiro atoms. The zero-order valence-electron chi connectivity index (χ0n) is 17.8. The molecule has 0 bridgehead atoms. The van der Waals surface area contributed by atoms with E-state index in [0.29, 0.717) is 10.7 Å². The van der Waals surface area contributed by atoms with Crippen molar-refractivity contribution < 1.29 is 13.2 Å². The molecular formula is C24H23N3O3S2. The Morgan fingerprint density at radius 2 is 1.72 bits per heavy atom. The van der Waals surface area contributed by atoms with E-state index < -0.39 is 10.0 Å². The molecule has 0 aliphatic heterocycles. The van der Waals surface area contributed by atoms with Crippen molar-refractivity contribution in [1.82, 2.24) is 9.29 Å². The molecule has 6 nitrogen and oxygen atoms in total. The predicted molar refractivity (Wildman–Crippen MR) is 128 cm³/mol. The summed E-state index contributed by atoms with van der Waals surface area (Å²) in [6, 6.07) is 21.3. The minimum Gasteiger partial charge on any atom is -0.298 e. The Balaban J connectivity index is 1.48. The third-order valence-electron chi connectivity index (χ3n) is 5.18. The Bertz CT molecular complexity index is 1350. The molecule has 4 aromatic rings. The van der Waals surface area contributed by atoms with Crippen molar-refractivity contribution >= 4 is 42.6 Å². The maximum atomic E-state index is 12.9. The molecule has 4 rings (SSSR count). The van der Waals surface area contributed by atoms with E-state index in [0.717, 1.165) is 27.8 Å². The number of nitrogens with one attached hydrogen (secondary N) is 1. The van der Waals surface area contributed by atoms with E-state index in [1.807, 2.05) is 48.5 Å². The molecule has 0 radical (unpaired) electrons. The first kappa shape index (κ1) is 22.1. The number of aromatic nitrogens is 1. The fourth-order valence-electron chi connectivity index (χ4n) is 3.40. The van der Waals surface area contributed by atoms with Crippen LogP contribution in [0.3, 0.4) is 0 Å². The Hall–Kier alpha value is -3.07. The van der Waals surface area contributed by atoms with E-state index in [1.165, 1.54) is 39.9 Å². The summed E-state index contributed by atoms with van der Waals surface area (Å²) in [7, 11) is -2.13. The van der Waals surface area contributed by atoms with Crippen LogP contribution in [0.5, 0.6) is 0 Å². The fraction of sp³-hybridized carbons (Fsp3) is 0.167. The molecule has 0 saturated heterocycles. The summed E-state index contributed by atoms with van der Waals surface area (Å²) in [6.45, 7) is 2.34. The van der Waals surface area contributed by atoms with Crippen LogP contribution in [0.1, 0.15) is 28.4 Å². The van der Waals surface area contributed by atoms with Gasteiger partial charge in [-0.15, -0.1) is 0 Å². The molecule has 8 heteroatoms. The quantitative estimate of drug-likeness (QED) is 0.420. The summed E-state index contributed by atoms with van der Waals surface area (Å²) in [4.78, 5) is 17.4. The number of sulfonamides is 1. The van der Waals surface area contributed by atoms with Crippen molar-refractivity contribution in [3.8, 4) is 0 Å². The highest BCUT2D eigenvalue weighted by molar-refractivity contribution is 7.89. The average Bonchev–Trinajstić information content (AvgIpc) is 3.22. The number of benzene rings is 3. The Morgan fingerprint density at radius 3 is 2.41 bits per heavy atom. The van der Waals surface area contributed by atoms with Gasteiger partial charge in [0.2, 0.25) is 10.0 Å². The topological polar surface area (TPSA) is 79.4 Å². The van der Waals surface area contributed by atoms with Crippen molar-refractivity contribution in [2.24, 2.45) is 0 Å². The van der Waals surface area contributed by atoms with Crippen LogP contribution >= 0.6 is 11.3 Å². The van der Waals surface area contributed by atoms with E-state index >= 15 is 0 Å². The van der Waals surface area contributed by atoms with E-state index in [1.54, 1.807) is 7.05 Å². The minimum atomic E-state index is -3.67. The van der Waals surface area contributed by atoms with E-state index in [9.17, 15) is 13.2 Å².